The van der Waals surface area contributed by atoms with Gasteiger partial charge < -0.3 is 15.3 Å². The van der Waals surface area contributed by atoms with Crippen molar-refractivity contribution in [1.82, 2.24) is 15.0 Å². The molecule has 0 atom stereocenters. The maximum absolute atomic E-state index is 12.6. The number of nitrogens with zero attached hydrogens (tertiary/aromatic N) is 1. The number of H-pyrrole nitrogens is 2. The van der Waals surface area contributed by atoms with Crippen LogP contribution in [0, 0.1) is 0 Å². The van der Waals surface area contributed by atoms with E-state index >= 15 is 0 Å². The number of carbonyl (C=O) groups is 1. The maximum atomic E-state index is 12.6. The number of hydrogen-bond donors (Lipinski definition) is 3. The topological polar surface area (TPSA) is 90.6 Å². The number of anilines is 1. The molecule has 2 heterocycles. The van der Waals surface area contributed by atoms with Crippen LogP contribution in [0.15, 0.2) is 47.5 Å². The van der Waals surface area contributed by atoms with Gasteiger partial charge in [-0.05, 0) is 55.2 Å². The lowest BCUT2D eigenvalue weighted by Crippen LogP contribution is -2.14. The molecule has 6 heteroatoms. The number of hydrogen-bond acceptors (Lipinski definition) is 3. The van der Waals surface area contributed by atoms with Crippen LogP contribution in [0.5, 0.6) is 0 Å². The summed E-state index contributed by atoms with van der Waals surface area (Å²) in [6.45, 7) is 0. The van der Waals surface area contributed by atoms with Crippen molar-refractivity contribution in [3.8, 4) is 0 Å². The molecule has 0 saturated heterocycles. The molecule has 2 aromatic heterocycles. The Hall–Kier alpha value is -3.41. The van der Waals surface area contributed by atoms with Crippen LogP contribution in [0.4, 0.5) is 5.69 Å². The number of aryl methyl sites for hydroxylation is 1. The highest BCUT2D eigenvalue weighted by Crippen LogP contribution is 2.28. The zero-order valence-corrected chi connectivity index (χ0v) is 13.9. The van der Waals surface area contributed by atoms with E-state index in [-0.39, 0.29) is 11.5 Å². The van der Waals surface area contributed by atoms with Crippen LogP contribution >= 0.6 is 0 Å². The van der Waals surface area contributed by atoms with Gasteiger partial charge >= 0.3 is 0 Å². The Kier molecular flexibility index (Phi) is 3.18. The minimum absolute atomic E-state index is 0.0156. The molecular weight excluding hydrogens is 328 g/mol. The van der Waals surface area contributed by atoms with Gasteiger partial charge in [0.1, 0.15) is 0 Å². The van der Waals surface area contributed by atoms with Gasteiger partial charge in [-0.3, -0.25) is 9.59 Å². The third kappa shape index (κ3) is 2.30. The molecule has 0 aliphatic heterocycles. The van der Waals surface area contributed by atoms with Crippen LogP contribution in [0.25, 0.3) is 21.9 Å². The normalized spacial score (nSPS) is 13.2. The number of aromatic nitrogens is 3. The van der Waals surface area contributed by atoms with Gasteiger partial charge in [-0.25, -0.2) is 4.98 Å². The van der Waals surface area contributed by atoms with E-state index in [1.54, 1.807) is 18.5 Å². The molecule has 128 valence electrons. The summed E-state index contributed by atoms with van der Waals surface area (Å²) in [5, 5.41) is 3.96. The molecule has 0 radical (unpaired) electrons. The van der Waals surface area contributed by atoms with E-state index in [4.69, 9.17) is 0 Å². The van der Waals surface area contributed by atoms with Crippen molar-refractivity contribution >= 4 is 33.5 Å². The largest absolute Gasteiger partial charge is 0.345 e. The highest BCUT2D eigenvalue weighted by Gasteiger charge is 2.18. The molecule has 1 aliphatic carbocycles. The smallest absolute Gasteiger partial charge is 0.255 e. The molecule has 0 unspecified atom stereocenters. The number of benzene rings is 2. The monoisotopic (exact) mass is 344 g/mol. The fourth-order valence-corrected chi connectivity index (χ4v) is 3.76. The Morgan fingerprint density at radius 1 is 1.04 bits per heavy atom. The van der Waals surface area contributed by atoms with Gasteiger partial charge in [0.25, 0.3) is 11.5 Å². The highest BCUT2D eigenvalue weighted by molar-refractivity contribution is 6.06. The van der Waals surface area contributed by atoms with Crippen molar-refractivity contribution in [2.75, 3.05) is 5.32 Å². The molecule has 0 spiro atoms. The number of aromatic amines is 2. The van der Waals surface area contributed by atoms with Gasteiger partial charge in [-0.1, -0.05) is 6.07 Å². The third-order valence-electron chi connectivity index (χ3n) is 5.03. The number of rotatable bonds is 2. The Balaban J connectivity index is 1.50. The lowest BCUT2D eigenvalue weighted by Gasteiger charge is -2.09. The predicted molar refractivity (Wildman–Crippen MR) is 101 cm³/mol. The molecular formula is C20H16N4O2. The third-order valence-corrected chi connectivity index (χ3v) is 5.03. The Bertz CT molecular complexity index is 1240. The molecule has 4 aromatic rings. The van der Waals surface area contributed by atoms with Crippen LogP contribution in [0.2, 0.25) is 0 Å². The zero-order valence-electron chi connectivity index (χ0n) is 13.9. The first-order valence-electron chi connectivity index (χ1n) is 8.61. The van der Waals surface area contributed by atoms with Crippen LogP contribution in [-0.2, 0) is 12.8 Å². The first-order valence-corrected chi connectivity index (χ1v) is 8.61. The summed E-state index contributed by atoms with van der Waals surface area (Å²) in [4.78, 5) is 34.9. The number of carbonyl (C=O) groups excluding carboxylic acids is 1. The molecule has 1 amide bonds. The van der Waals surface area contributed by atoms with E-state index < -0.39 is 0 Å². The van der Waals surface area contributed by atoms with E-state index in [9.17, 15) is 9.59 Å². The average molecular weight is 344 g/mol. The lowest BCUT2D eigenvalue weighted by molar-refractivity contribution is 0.102. The van der Waals surface area contributed by atoms with E-state index in [2.05, 4.69) is 20.3 Å². The zero-order chi connectivity index (χ0) is 17.7. The van der Waals surface area contributed by atoms with Crippen molar-refractivity contribution in [1.29, 1.82) is 0 Å². The summed E-state index contributed by atoms with van der Waals surface area (Å²) in [5.74, 6) is -0.204. The van der Waals surface area contributed by atoms with E-state index in [1.807, 2.05) is 24.3 Å². The molecule has 0 fully saturated rings. The number of nitrogens with one attached hydrogen (secondary N) is 3. The first kappa shape index (κ1) is 14.9. The van der Waals surface area contributed by atoms with Gasteiger partial charge in [0.2, 0.25) is 0 Å². The average Bonchev–Trinajstić information content (AvgIpc) is 3.30. The molecule has 0 bridgehead atoms. The second-order valence-corrected chi connectivity index (χ2v) is 6.61. The second-order valence-electron chi connectivity index (χ2n) is 6.61. The summed E-state index contributed by atoms with van der Waals surface area (Å²) in [6.07, 6.45) is 4.40. The summed E-state index contributed by atoms with van der Waals surface area (Å²) in [5.41, 5.74) is 5.63. The van der Waals surface area contributed by atoms with Gasteiger partial charge in [-0.2, -0.15) is 0 Å². The summed E-state index contributed by atoms with van der Waals surface area (Å²) in [7, 11) is 0. The molecule has 2 aromatic carbocycles. The fraction of sp³-hybridized carbons (Fsp3) is 0.150. The second kappa shape index (κ2) is 5.56. The standard InChI is InChI=1S/C20H16N4O2/c25-19(11-4-7-16-18(8-11)22-10-21-16)23-12-5-6-14-13-2-1-3-15(13)20(26)24-17(14)9-12/h4-10H,1-3H2,(H,21,22)(H,23,25)(H,24,26). The maximum Gasteiger partial charge on any atom is 0.255 e. The van der Waals surface area contributed by atoms with E-state index in [0.717, 1.165) is 52.3 Å². The number of pyridine rings is 1. The SMILES string of the molecule is O=C(Nc1ccc2c3c(c(=O)[nH]c2c1)CCC3)c1ccc2nc[nH]c2c1. The Morgan fingerprint density at radius 3 is 2.85 bits per heavy atom. The number of imidazole rings is 1. The van der Waals surface area contributed by atoms with Crippen molar-refractivity contribution in [2.24, 2.45) is 0 Å². The van der Waals surface area contributed by atoms with Gasteiger partial charge in [0.15, 0.2) is 0 Å². The van der Waals surface area contributed by atoms with Crippen LogP contribution in [-0.4, -0.2) is 20.9 Å². The molecule has 26 heavy (non-hydrogen) atoms. The first-order chi connectivity index (χ1) is 12.7. The lowest BCUT2D eigenvalue weighted by atomic mass is 10.1. The quantitative estimate of drug-likeness (QED) is 0.522. The predicted octanol–water partition coefficient (Wildman–Crippen LogP) is 3.15. The van der Waals surface area contributed by atoms with Crippen LogP contribution in [0.3, 0.4) is 0 Å². The molecule has 6 nitrogen and oxygen atoms in total. The number of amides is 1. The fourth-order valence-electron chi connectivity index (χ4n) is 3.76. The minimum atomic E-state index is -0.204. The number of fused-ring (bicyclic) bond motifs is 4. The Morgan fingerprint density at radius 2 is 1.92 bits per heavy atom. The van der Waals surface area contributed by atoms with Crippen molar-refractivity contribution in [3.63, 3.8) is 0 Å². The van der Waals surface area contributed by atoms with Crippen molar-refractivity contribution in [2.45, 2.75) is 19.3 Å². The summed E-state index contributed by atoms with van der Waals surface area (Å²) >= 11 is 0. The molecule has 3 N–H and O–H groups in total. The highest BCUT2D eigenvalue weighted by atomic mass is 16.1. The van der Waals surface area contributed by atoms with E-state index in [1.165, 1.54) is 0 Å². The van der Waals surface area contributed by atoms with Gasteiger partial charge in [-0.15, -0.1) is 0 Å². The van der Waals surface area contributed by atoms with E-state index in [0.29, 0.717) is 11.3 Å². The van der Waals surface area contributed by atoms with Crippen LogP contribution < -0.4 is 10.9 Å². The van der Waals surface area contributed by atoms with Crippen molar-refractivity contribution in [3.05, 3.63) is 69.8 Å². The minimum Gasteiger partial charge on any atom is -0.345 e. The molecule has 1 aliphatic rings. The van der Waals surface area contributed by atoms with Gasteiger partial charge in [0.05, 0.1) is 22.9 Å². The molecule has 5 rings (SSSR count). The Labute approximate surface area is 148 Å². The molecule has 0 saturated carbocycles. The van der Waals surface area contributed by atoms with Crippen molar-refractivity contribution < 1.29 is 4.79 Å². The van der Waals surface area contributed by atoms with Crippen LogP contribution in [0.1, 0.15) is 27.9 Å². The summed E-state index contributed by atoms with van der Waals surface area (Å²) in [6, 6.07) is 11.0. The van der Waals surface area contributed by atoms with Gasteiger partial charge in [0, 0.05) is 22.2 Å². The summed E-state index contributed by atoms with van der Waals surface area (Å²) < 4.78 is 0.